The maximum atomic E-state index is 13.5. The normalized spacial score (nSPS) is 21.8. The quantitative estimate of drug-likeness (QED) is 0.690. The lowest BCUT2D eigenvalue weighted by Gasteiger charge is -2.35. The molecule has 7 heteroatoms. The van der Waals surface area contributed by atoms with Crippen LogP contribution in [0.5, 0.6) is 0 Å². The lowest BCUT2D eigenvalue weighted by molar-refractivity contribution is -0.125. The van der Waals surface area contributed by atoms with Crippen LogP contribution >= 0.6 is 23.4 Å². The van der Waals surface area contributed by atoms with Crippen molar-refractivity contribution in [3.05, 3.63) is 64.9 Å². The van der Waals surface area contributed by atoms with E-state index in [0.29, 0.717) is 35.2 Å². The van der Waals surface area contributed by atoms with Gasteiger partial charge in [0.15, 0.2) is 0 Å². The minimum atomic E-state index is -0.455. The van der Waals surface area contributed by atoms with E-state index in [2.05, 4.69) is 10.3 Å². The van der Waals surface area contributed by atoms with Gasteiger partial charge in [-0.05, 0) is 55.2 Å². The number of hydrogen-bond acceptors (Lipinski definition) is 4. The fourth-order valence-corrected chi connectivity index (χ4v) is 6.25. The van der Waals surface area contributed by atoms with E-state index < -0.39 is 6.04 Å². The number of aromatic nitrogens is 1. The molecular formula is C24H28ClN3O2S. The summed E-state index contributed by atoms with van der Waals surface area (Å²) in [4.78, 5) is 32.8. The highest BCUT2D eigenvalue weighted by molar-refractivity contribution is 8.00. The predicted molar refractivity (Wildman–Crippen MR) is 125 cm³/mol. The van der Waals surface area contributed by atoms with E-state index in [4.69, 9.17) is 11.6 Å². The SMILES string of the molecule is O=C(NCCc1ccccn1)C1CSC(C2CCCCC2)N1C(=O)c1ccc(Cl)cc1. The lowest BCUT2D eigenvalue weighted by atomic mass is 9.88. The zero-order valence-corrected chi connectivity index (χ0v) is 19.1. The van der Waals surface area contributed by atoms with E-state index in [1.165, 1.54) is 19.3 Å². The van der Waals surface area contributed by atoms with Gasteiger partial charge in [0.25, 0.3) is 5.91 Å². The van der Waals surface area contributed by atoms with Crippen molar-refractivity contribution in [2.24, 2.45) is 5.92 Å². The van der Waals surface area contributed by atoms with Gasteiger partial charge in [0, 0.05) is 41.2 Å². The van der Waals surface area contributed by atoms with Crippen LogP contribution in [0.2, 0.25) is 5.02 Å². The lowest BCUT2D eigenvalue weighted by Crippen LogP contribution is -2.51. The second-order valence-corrected chi connectivity index (χ2v) is 9.81. The molecule has 2 unspecified atom stereocenters. The summed E-state index contributed by atoms with van der Waals surface area (Å²) < 4.78 is 0. The minimum Gasteiger partial charge on any atom is -0.354 e. The largest absolute Gasteiger partial charge is 0.354 e. The number of thioether (sulfide) groups is 1. The Morgan fingerprint density at radius 3 is 2.58 bits per heavy atom. The predicted octanol–water partition coefficient (Wildman–Crippen LogP) is 4.56. The van der Waals surface area contributed by atoms with E-state index in [1.807, 2.05) is 23.1 Å². The van der Waals surface area contributed by atoms with Gasteiger partial charge in [0.05, 0.1) is 5.37 Å². The number of amides is 2. The molecule has 4 rings (SSSR count). The first-order valence-electron chi connectivity index (χ1n) is 11.0. The zero-order valence-electron chi connectivity index (χ0n) is 17.5. The van der Waals surface area contributed by atoms with Crippen LogP contribution in [0, 0.1) is 5.92 Å². The van der Waals surface area contributed by atoms with Crippen molar-refractivity contribution >= 4 is 35.2 Å². The number of rotatable bonds is 6. The van der Waals surface area contributed by atoms with E-state index in [9.17, 15) is 9.59 Å². The summed E-state index contributed by atoms with van der Waals surface area (Å²) in [5, 5.41) is 3.68. The third-order valence-electron chi connectivity index (χ3n) is 6.12. The Bertz CT molecular complexity index is 887. The van der Waals surface area contributed by atoms with E-state index in [1.54, 1.807) is 42.2 Å². The van der Waals surface area contributed by atoms with Crippen molar-refractivity contribution < 1.29 is 9.59 Å². The topological polar surface area (TPSA) is 62.3 Å². The summed E-state index contributed by atoms with van der Waals surface area (Å²) in [6.07, 6.45) is 8.33. The van der Waals surface area contributed by atoms with Crippen LogP contribution in [0.4, 0.5) is 0 Å². The monoisotopic (exact) mass is 457 g/mol. The van der Waals surface area contributed by atoms with Gasteiger partial charge < -0.3 is 10.2 Å². The number of nitrogens with one attached hydrogen (secondary N) is 1. The van der Waals surface area contributed by atoms with Crippen LogP contribution in [0.3, 0.4) is 0 Å². The van der Waals surface area contributed by atoms with Gasteiger partial charge in [-0.15, -0.1) is 11.8 Å². The summed E-state index contributed by atoms with van der Waals surface area (Å²) in [7, 11) is 0. The number of pyridine rings is 1. The van der Waals surface area contributed by atoms with E-state index in [-0.39, 0.29) is 17.2 Å². The summed E-state index contributed by atoms with van der Waals surface area (Å²) in [6, 6.07) is 12.3. The first kappa shape index (κ1) is 22.2. The number of nitrogens with zero attached hydrogens (tertiary/aromatic N) is 2. The second-order valence-electron chi connectivity index (χ2n) is 8.22. The number of halogens is 1. The maximum absolute atomic E-state index is 13.5. The molecule has 1 aliphatic heterocycles. The van der Waals surface area contributed by atoms with Crippen molar-refractivity contribution in [3.63, 3.8) is 0 Å². The highest BCUT2D eigenvalue weighted by atomic mass is 35.5. The molecule has 1 aromatic carbocycles. The van der Waals surface area contributed by atoms with Gasteiger partial charge in [-0.3, -0.25) is 14.6 Å². The highest BCUT2D eigenvalue weighted by Gasteiger charge is 2.45. The van der Waals surface area contributed by atoms with Gasteiger partial charge in [0.2, 0.25) is 5.91 Å². The average Bonchev–Trinajstić information content (AvgIpc) is 3.26. The van der Waals surface area contributed by atoms with Crippen LogP contribution in [0.15, 0.2) is 48.7 Å². The molecule has 164 valence electrons. The summed E-state index contributed by atoms with van der Waals surface area (Å²) in [5.74, 6) is 0.920. The zero-order chi connectivity index (χ0) is 21.6. The average molecular weight is 458 g/mol. The van der Waals surface area contributed by atoms with Crippen LogP contribution in [-0.2, 0) is 11.2 Å². The van der Waals surface area contributed by atoms with Crippen LogP contribution < -0.4 is 5.32 Å². The van der Waals surface area contributed by atoms with Crippen LogP contribution in [0.1, 0.15) is 48.2 Å². The molecule has 1 aromatic heterocycles. The summed E-state index contributed by atoms with van der Waals surface area (Å²) >= 11 is 7.77. The molecular weight excluding hydrogens is 430 g/mol. The second kappa shape index (κ2) is 10.5. The maximum Gasteiger partial charge on any atom is 0.255 e. The molecule has 1 N–H and O–H groups in total. The smallest absolute Gasteiger partial charge is 0.255 e. The van der Waals surface area contributed by atoms with Crippen LogP contribution in [-0.4, -0.2) is 45.4 Å². The number of hydrogen-bond donors (Lipinski definition) is 1. The Morgan fingerprint density at radius 1 is 1.10 bits per heavy atom. The van der Waals surface area contributed by atoms with Crippen molar-refractivity contribution in [1.29, 1.82) is 0 Å². The van der Waals surface area contributed by atoms with Crippen LogP contribution in [0.25, 0.3) is 0 Å². The first-order chi connectivity index (χ1) is 15.1. The Kier molecular flexibility index (Phi) is 7.51. The number of carbonyl (C=O) groups excluding carboxylic acids is 2. The first-order valence-corrected chi connectivity index (χ1v) is 12.4. The Hall–Kier alpha value is -2.05. The Morgan fingerprint density at radius 2 is 1.87 bits per heavy atom. The third-order valence-corrected chi connectivity index (χ3v) is 7.84. The Labute approximate surface area is 192 Å². The van der Waals surface area contributed by atoms with E-state index in [0.717, 1.165) is 18.5 Å². The fraction of sp³-hybridized carbons (Fsp3) is 0.458. The highest BCUT2D eigenvalue weighted by Crippen LogP contribution is 2.41. The Balaban J connectivity index is 1.48. The molecule has 1 saturated carbocycles. The minimum absolute atomic E-state index is 0.0509. The molecule has 2 aromatic rings. The van der Waals surface area contributed by atoms with Crippen molar-refractivity contribution in [3.8, 4) is 0 Å². The fourth-order valence-electron chi connectivity index (χ4n) is 4.49. The molecule has 5 nitrogen and oxygen atoms in total. The molecule has 0 bridgehead atoms. The standard InChI is InChI=1S/C24H28ClN3O2S/c25-19-11-9-17(10-12-19)23(30)28-21(16-31-24(28)18-6-2-1-3-7-18)22(29)27-15-13-20-8-4-5-14-26-20/h4-5,8-12,14,18,21,24H,1-3,6-7,13,15-16H2,(H,27,29). The van der Waals surface area contributed by atoms with Gasteiger partial charge in [-0.25, -0.2) is 0 Å². The molecule has 1 aliphatic carbocycles. The molecule has 31 heavy (non-hydrogen) atoms. The van der Waals surface area contributed by atoms with Crippen molar-refractivity contribution in [2.45, 2.75) is 49.9 Å². The molecule has 2 fully saturated rings. The molecule has 0 radical (unpaired) electrons. The molecule has 2 heterocycles. The molecule has 2 amide bonds. The van der Waals surface area contributed by atoms with Gasteiger partial charge in [-0.1, -0.05) is 36.9 Å². The van der Waals surface area contributed by atoms with Crippen molar-refractivity contribution in [2.75, 3.05) is 12.3 Å². The number of carbonyl (C=O) groups is 2. The van der Waals surface area contributed by atoms with Gasteiger partial charge in [-0.2, -0.15) is 0 Å². The number of benzene rings is 1. The molecule has 1 saturated heterocycles. The molecule has 2 atom stereocenters. The molecule has 0 spiro atoms. The van der Waals surface area contributed by atoms with Crippen molar-refractivity contribution in [1.82, 2.24) is 15.2 Å². The van der Waals surface area contributed by atoms with E-state index >= 15 is 0 Å². The third kappa shape index (κ3) is 5.42. The van der Waals surface area contributed by atoms with Gasteiger partial charge in [0.1, 0.15) is 6.04 Å². The van der Waals surface area contributed by atoms with Gasteiger partial charge >= 0.3 is 0 Å². The summed E-state index contributed by atoms with van der Waals surface area (Å²) in [6.45, 7) is 0.508. The summed E-state index contributed by atoms with van der Waals surface area (Å²) in [5.41, 5.74) is 1.52. The molecule has 2 aliphatic rings.